The predicted octanol–water partition coefficient (Wildman–Crippen LogP) is 4.32. The summed E-state index contributed by atoms with van der Waals surface area (Å²) >= 11 is 1.40. The van der Waals surface area contributed by atoms with Crippen LogP contribution < -0.4 is 0 Å². The van der Waals surface area contributed by atoms with E-state index in [0.717, 1.165) is 27.7 Å². The summed E-state index contributed by atoms with van der Waals surface area (Å²) in [6.45, 7) is 4.46. The molecule has 1 aliphatic rings. The van der Waals surface area contributed by atoms with Gasteiger partial charge in [-0.1, -0.05) is 30.3 Å². The van der Waals surface area contributed by atoms with Crippen LogP contribution in [0.2, 0.25) is 0 Å². The molecule has 5 nitrogen and oxygen atoms in total. The van der Waals surface area contributed by atoms with Crippen molar-refractivity contribution >= 4 is 28.8 Å². The van der Waals surface area contributed by atoms with Gasteiger partial charge in [-0.15, -0.1) is 11.8 Å². The summed E-state index contributed by atoms with van der Waals surface area (Å²) in [6.07, 6.45) is 3.68. The molecule has 0 N–H and O–H groups in total. The lowest BCUT2D eigenvalue weighted by atomic mass is 10.1. The van der Waals surface area contributed by atoms with E-state index < -0.39 is 11.0 Å². The third-order valence-corrected chi connectivity index (χ3v) is 6.21. The number of benzene rings is 2. The fourth-order valence-corrected chi connectivity index (χ4v) is 4.59. The van der Waals surface area contributed by atoms with Crippen molar-refractivity contribution in [2.24, 2.45) is 0 Å². The molecule has 0 amide bonds. The highest BCUT2D eigenvalue weighted by molar-refractivity contribution is 8.03. The minimum Gasteiger partial charge on any atom is -0.468 e. The van der Waals surface area contributed by atoms with Crippen molar-refractivity contribution < 1.29 is 14.3 Å². The van der Waals surface area contributed by atoms with Crippen LogP contribution in [0, 0.1) is 13.8 Å². The number of ether oxygens (including phenoxy) is 2. The number of methoxy groups -OCH3 is 1. The van der Waals surface area contributed by atoms with Crippen LogP contribution in [0.25, 0.3) is 11.0 Å². The highest BCUT2D eigenvalue weighted by Crippen LogP contribution is 2.43. The monoisotopic (exact) mass is 394 g/mol. The van der Waals surface area contributed by atoms with Crippen LogP contribution in [-0.4, -0.2) is 27.9 Å². The second-order valence-electron chi connectivity index (χ2n) is 6.92. The number of esters is 1. The maximum absolute atomic E-state index is 12.6. The molecule has 0 saturated heterocycles. The molecular weight excluding hydrogens is 372 g/mol. The van der Waals surface area contributed by atoms with Crippen LogP contribution in [0.1, 0.15) is 16.7 Å². The molecule has 0 spiro atoms. The summed E-state index contributed by atoms with van der Waals surface area (Å²) in [7, 11) is 1.41. The standard InChI is InChI=1S/C22H22N2O3S/c1-15-8-9-18-19(12-15)24(14-23-18)22(10-11-28-20(22)21(25)26-3)27-13-17-7-5-4-6-16(17)2/h4-12,14,20H,13H2,1-3H3. The molecule has 3 aromatic rings. The smallest absolute Gasteiger partial charge is 0.324 e. The lowest BCUT2D eigenvalue weighted by Gasteiger charge is -2.34. The van der Waals surface area contributed by atoms with Gasteiger partial charge in [0.15, 0.2) is 11.0 Å². The van der Waals surface area contributed by atoms with Crippen LogP contribution in [0.15, 0.2) is 60.3 Å². The van der Waals surface area contributed by atoms with E-state index in [1.165, 1.54) is 18.9 Å². The van der Waals surface area contributed by atoms with E-state index in [9.17, 15) is 4.79 Å². The second kappa shape index (κ2) is 7.45. The van der Waals surface area contributed by atoms with E-state index >= 15 is 0 Å². The zero-order valence-electron chi connectivity index (χ0n) is 16.1. The lowest BCUT2D eigenvalue weighted by molar-refractivity contribution is -0.151. The first-order valence-corrected chi connectivity index (χ1v) is 10.0. The molecule has 0 bridgehead atoms. The minimum atomic E-state index is -1.01. The van der Waals surface area contributed by atoms with Gasteiger partial charge in [0, 0.05) is 0 Å². The summed E-state index contributed by atoms with van der Waals surface area (Å²) < 4.78 is 13.5. The van der Waals surface area contributed by atoms with E-state index in [1.807, 2.05) is 53.3 Å². The first-order valence-electron chi connectivity index (χ1n) is 9.09. The molecule has 2 aromatic carbocycles. The van der Waals surface area contributed by atoms with Gasteiger partial charge in [0.2, 0.25) is 0 Å². The normalized spacial score (nSPS) is 21.3. The first-order chi connectivity index (χ1) is 13.5. The average molecular weight is 394 g/mol. The highest BCUT2D eigenvalue weighted by Gasteiger charge is 2.49. The minimum absolute atomic E-state index is 0.325. The van der Waals surface area contributed by atoms with Gasteiger partial charge in [0.1, 0.15) is 0 Å². The first kappa shape index (κ1) is 18.8. The Morgan fingerprint density at radius 1 is 1.25 bits per heavy atom. The number of thioether (sulfide) groups is 1. The topological polar surface area (TPSA) is 53.4 Å². The number of hydrogen-bond donors (Lipinski definition) is 0. The molecule has 144 valence electrons. The van der Waals surface area contributed by atoms with Crippen LogP contribution in [0.4, 0.5) is 0 Å². The number of nitrogens with zero attached hydrogens (tertiary/aromatic N) is 2. The van der Waals surface area contributed by atoms with Crippen LogP contribution >= 0.6 is 11.8 Å². The van der Waals surface area contributed by atoms with Crippen LogP contribution in [-0.2, 0) is 26.6 Å². The van der Waals surface area contributed by atoms with E-state index in [1.54, 1.807) is 6.33 Å². The largest absolute Gasteiger partial charge is 0.468 e. The number of aryl methyl sites for hydroxylation is 2. The van der Waals surface area contributed by atoms with Gasteiger partial charge in [-0.05, 0) is 54.2 Å². The zero-order chi connectivity index (χ0) is 19.7. The van der Waals surface area contributed by atoms with Gasteiger partial charge in [0.05, 0.1) is 31.1 Å². The number of carbonyl (C=O) groups is 1. The van der Waals surface area contributed by atoms with Crippen molar-refractivity contribution in [1.29, 1.82) is 0 Å². The van der Waals surface area contributed by atoms with Crippen molar-refractivity contribution in [3.63, 3.8) is 0 Å². The maximum Gasteiger partial charge on any atom is 0.324 e. The summed E-state index contributed by atoms with van der Waals surface area (Å²) in [6, 6.07) is 14.2. The van der Waals surface area contributed by atoms with Crippen molar-refractivity contribution in [3.8, 4) is 0 Å². The van der Waals surface area contributed by atoms with Gasteiger partial charge in [-0.3, -0.25) is 9.36 Å². The Bertz CT molecular complexity index is 1060. The fraction of sp³-hybridized carbons (Fsp3) is 0.273. The number of fused-ring (bicyclic) bond motifs is 1. The molecule has 2 unspecified atom stereocenters. The quantitative estimate of drug-likeness (QED) is 0.603. The summed E-state index contributed by atoms with van der Waals surface area (Å²) in [5.41, 5.74) is 4.11. The van der Waals surface area contributed by atoms with Crippen LogP contribution in [0.5, 0.6) is 0 Å². The number of hydrogen-bond acceptors (Lipinski definition) is 5. The molecule has 0 radical (unpaired) electrons. The molecule has 0 aliphatic carbocycles. The van der Waals surface area contributed by atoms with Crippen molar-refractivity contribution in [2.75, 3.05) is 7.11 Å². The third kappa shape index (κ3) is 3.12. The van der Waals surface area contributed by atoms with E-state index in [4.69, 9.17) is 9.47 Å². The third-order valence-electron chi connectivity index (χ3n) is 5.11. The molecule has 2 heterocycles. The van der Waals surface area contributed by atoms with Gasteiger partial charge >= 0.3 is 5.97 Å². The predicted molar refractivity (Wildman–Crippen MR) is 111 cm³/mol. The number of aromatic nitrogens is 2. The van der Waals surface area contributed by atoms with E-state index in [2.05, 4.69) is 24.0 Å². The highest BCUT2D eigenvalue weighted by atomic mass is 32.2. The fourth-order valence-electron chi connectivity index (χ4n) is 3.49. The molecule has 2 atom stereocenters. The van der Waals surface area contributed by atoms with E-state index in [-0.39, 0.29) is 5.97 Å². The van der Waals surface area contributed by atoms with Crippen molar-refractivity contribution in [1.82, 2.24) is 9.55 Å². The second-order valence-corrected chi connectivity index (χ2v) is 7.93. The van der Waals surface area contributed by atoms with Crippen molar-refractivity contribution in [2.45, 2.75) is 31.4 Å². The molecule has 1 aromatic heterocycles. The Morgan fingerprint density at radius 3 is 2.86 bits per heavy atom. The van der Waals surface area contributed by atoms with Gasteiger partial charge in [-0.25, -0.2) is 4.98 Å². The Hall–Kier alpha value is -2.57. The molecule has 6 heteroatoms. The lowest BCUT2D eigenvalue weighted by Crippen LogP contribution is -2.46. The number of rotatable bonds is 5. The van der Waals surface area contributed by atoms with E-state index in [0.29, 0.717) is 6.61 Å². The number of carbonyl (C=O) groups excluding carboxylic acids is 1. The maximum atomic E-state index is 12.6. The summed E-state index contributed by atoms with van der Waals surface area (Å²) in [4.78, 5) is 17.1. The molecule has 28 heavy (non-hydrogen) atoms. The molecule has 1 aliphatic heterocycles. The average Bonchev–Trinajstić information content (AvgIpc) is 3.31. The molecule has 0 fully saturated rings. The Kier molecular flexibility index (Phi) is 5.00. The SMILES string of the molecule is COC(=O)C1SC=CC1(OCc1ccccc1C)n1cnc2ccc(C)cc21. The Morgan fingerprint density at radius 2 is 2.07 bits per heavy atom. The van der Waals surface area contributed by atoms with Gasteiger partial charge < -0.3 is 9.47 Å². The summed E-state index contributed by atoms with van der Waals surface area (Å²) in [5, 5.41) is 1.35. The Balaban J connectivity index is 1.82. The molecular formula is C22H22N2O3S. The molecule has 4 rings (SSSR count). The van der Waals surface area contributed by atoms with Gasteiger partial charge in [-0.2, -0.15) is 0 Å². The summed E-state index contributed by atoms with van der Waals surface area (Å²) in [5.74, 6) is -0.325. The van der Waals surface area contributed by atoms with Gasteiger partial charge in [0.25, 0.3) is 0 Å². The molecule has 0 saturated carbocycles. The zero-order valence-corrected chi connectivity index (χ0v) is 16.9. The van der Waals surface area contributed by atoms with Crippen molar-refractivity contribution in [3.05, 3.63) is 77.0 Å². The van der Waals surface area contributed by atoms with Crippen LogP contribution in [0.3, 0.4) is 0 Å². The Labute approximate surface area is 168 Å². The number of imidazole rings is 1.